The van der Waals surface area contributed by atoms with Crippen molar-refractivity contribution in [2.45, 2.75) is 46.0 Å². The molecule has 3 aromatic rings. The third-order valence-corrected chi connectivity index (χ3v) is 5.11. The fourth-order valence-electron chi connectivity index (χ4n) is 3.27. The maximum atomic E-state index is 5.74. The molecule has 0 saturated heterocycles. The second-order valence-electron chi connectivity index (χ2n) is 7.50. The summed E-state index contributed by atoms with van der Waals surface area (Å²) in [6, 6.07) is 22.6. The molecule has 150 valence electrons. The monoisotopic (exact) mass is 391 g/mol. The first-order valence-corrected chi connectivity index (χ1v) is 10.8. The molecule has 0 aliphatic carbocycles. The Balaban J connectivity index is 1.72. The van der Waals surface area contributed by atoms with Gasteiger partial charge in [-0.25, -0.2) is 0 Å². The zero-order valence-corrected chi connectivity index (χ0v) is 18.0. The molecule has 0 spiro atoms. The third-order valence-electron chi connectivity index (χ3n) is 5.11. The summed E-state index contributed by atoms with van der Waals surface area (Å²) in [5.41, 5.74) is 13.2. The highest BCUT2D eigenvalue weighted by Crippen LogP contribution is 2.13. The van der Waals surface area contributed by atoms with E-state index >= 15 is 0 Å². The van der Waals surface area contributed by atoms with E-state index in [-0.39, 0.29) is 0 Å². The van der Waals surface area contributed by atoms with Crippen LogP contribution >= 0.6 is 0 Å². The Morgan fingerprint density at radius 2 is 1.27 bits per heavy atom. The predicted octanol–water partition coefficient (Wildman–Crippen LogP) is 6.36. The van der Waals surface area contributed by atoms with Crippen molar-refractivity contribution in [3.63, 3.8) is 0 Å². The molecule has 0 aliphatic heterocycles. The molecule has 1 nitrogen and oxygen atoms in total. The van der Waals surface area contributed by atoms with Crippen molar-refractivity contribution in [2.24, 2.45) is 0 Å². The minimum absolute atomic E-state index is 0.754. The zero-order chi connectivity index (χ0) is 21.2. The summed E-state index contributed by atoms with van der Waals surface area (Å²) in [4.78, 5) is 0. The zero-order valence-electron chi connectivity index (χ0n) is 18.0. The van der Waals surface area contributed by atoms with E-state index in [1.165, 1.54) is 30.4 Å². The first kappa shape index (κ1) is 21.3. The van der Waals surface area contributed by atoms with Crippen molar-refractivity contribution in [3.05, 3.63) is 100 Å². The van der Waals surface area contributed by atoms with Gasteiger partial charge in [0.05, 0.1) is 0 Å². The SMILES string of the molecule is CCCCCc1ccc(C#Cc2ccc(C#Cc3ccc(N)cc3)c(CC)c2)cc1. The van der Waals surface area contributed by atoms with E-state index in [2.05, 4.69) is 80.0 Å². The fraction of sp³-hybridized carbons (Fsp3) is 0.241. The number of unbranched alkanes of at least 4 members (excludes halogenated alkanes) is 2. The Bertz CT molecular complexity index is 1080. The topological polar surface area (TPSA) is 26.0 Å². The molecule has 1 heteroatoms. The van der Waals surface area contributed by atoms with Gasteiger partial charge in [0, 0.05) is 27.9 Å². The van der Waals surface area contributed by atoms with Crippen LogP contribution in [0.1, 0.15) is 66.5 Å². The van der Waals surface area contributed by atoms with E-state index in [4.69, 9.17) is 5.73 Å². The molecule has 0 bridgehead atoms. The van der Waals surface area contributed by atoms with Crippen molar-refractivity contribution in [1.29, 1.82) is 0 Å². The Morgan fingerprint density at radius 1 is 0.667 bits per heavy atom. The van der Waals surface area contributed by atoms with E-state index < -0.39 is 0 Å². The number of nitrogen functional groups attached to an aromatic ring is 1. The lowest BCUT2D eigenvalue weighted by atomic mass is 10.0. The van der Waals surface area contributed by atoms with Gasteiger partial charge in [0.15, 0.2) is 0 Å². The van der Waals surface area contributed by atoms with Crippen LogP contribution in [0.25, 0.3) is 0 Å². The van der Waals surface area contributed by atoms with Gasteiger partial charge in [-0.2, -0.15) is 0 Å². The van der Waals surface area contributed by atoms with Gasteiger partial charge >= 0.3 is 0 Å². The first-order chi connectivity index (χ1) is 14.7. The number of hydrogen-bond acceptors (Lipinski definition) is 1. The van der Waals surface area contributed by atoms with Gasteiger partial charge in [0.1, 0.15) is 0 Å². The van der Waals surface area contributed by atoms with E-state index in [9.17, 15) is 0 Å². The second kappa shape index (κ2) is 10.9. The average molecular weight is 392 g/mol. The van der Waals surface area contributed by atoms with Crippen LogP contribution in [0, 0.1) is 23.7 Å². The van der Waals surface area contributed by atoms with Crippen LogP contribution in [0.15, 0.2) is 66.7 Å². The smallest absolute Gasteiger partial charge is 0.0314 e. The summed E-state index contributed by atoms with van der Waals surface area (Å²) in [7, 11) is 0. The lowest BCUT2D eigenvalue weighted by Crippen LogP contribution is -1.90. The van der Waals surface area contributed by atoms with Crippen molar-refractivity contribution in [3.8, 4) is 23.7 Å². The van der Waals surface area contributed by atoms with Crippen molar-refractivity contribution in [1.82, 2.24) is 0 Å². The lowest BCUT2D eigenvalue weighted by molar-refractivity contribution is 0.717. The fourth-order valence-corrected chi connectivity index (χ4v) is 3.27. The standard InChI is InChI=1S/C29H29N/c1-3-5-6-7-23-8-10-24(11-9-23)12-13-26-15-19-28(27(4-2)22-26)18-14-25-16-20-29(30)21-17-25/h8-11,15-17,19-22H,3-7,30H2,1-2H3. The molecule has 0 radical (unpaired) electrons. The Kier molecular flexibility index (Phi) is 7.77. The molecule has 30 heavy (non-hydrogen) atoms. The van der Waals surface area contributed by atoms with Gasteiger partial charge in [-0.3, -0.25) is 0 Å². The third kappa shape index (κ3) is 6.30. The van der Waals surface area contributed by atoms with Crippen LogP contribution in [0.5, 0.6) is 0 Å². The maximum absolute atomic E-state index is 5.74. The maximum Gasteiger partial charge on any atom is 0.0314 e. The van der Waals surface area contributed by atoms with Crippen molar-refractivity contribution in [2.75, 3.05) is 5.73 Å². The minimum atomic E-state index is 0.754. The van der Waals surface area contributed by atoms with Crippen LogP contribution in [0.4, 0.5) is 5.69 Å². The number of hydrogen-bond donors (Lipinski definition) is 1. The van der Waals surface area contributed by atoms with E-state index in [0.29, 0.717) is 0 Å². The van der Waals surface area contributed by atoms with E-state index in [1.54, 1.807) is 0 Å². The van der Waals surface area contributed by atoms with Crippen LogP contribution in [-0.2, 0) is 12.8 Å². The van der Waals surface area contributed by atoms with Gasteiger partial charge < -0.3 is 5.73 Å². The van der Waals surface area contributed by atoms with E-state index in [0.717, 1.165) is 40.8 Å². The average Bonchev–Trinajstić information content (AvgIpc) is 2.78. The van der Waals surface area contributed by atoms with Gasteiger partial charge in [0.2, 0.25) is 0 Å². The van der Waals surface area contributed by atoms with Gasteiger partial charge in [-0.05, 0) is 85.0 Å². The normalized spacial score (nSPS) is 9.93. The lowest BCUT2D eigenvalue weighted by Gasteiger charge is -2.02. The summed E-state index contributed by atoms with van der Waals surface area (Å²) in [5, 5.41) is 0. The van der Waals surface area contributed by atoms with Gasteiger partial charge in [-0.1, -0.05) is 62.5 Å². The van der Waals surface area contributed by atoms with E-state index in [1.807, 2.05) is 24.3 Å². The van der Waals surface area contributed by atoms with Crippen LogP contribution < -0.4 is 5.73 Å². The summed E-state index contributed by atoms with van der Waals surface area (Å²) in [5.74, 6) is 13.1. The molecule has 0 saturated carbocycles. The quantitative estimate of drug-likeness (QED) is 0.305. The second-order valence-corrected chi connectivity index (χ2v) is 7.50. The Morgan fingerprint density at radius 3 is 1.93 bits per heavy atom. The summed E-state index contributed by atoms with van der Waals surface area (Å²) < 4.78 is 0. The number of nitrogens with two attached hydrogens (primary N) is 1. The molecule has 0 aromatic heterocycles. The molecule has 0 fully saturated rings. The highest BCUT2D eigenvalue weighted by molar-refractivity contribution is 5.53. The summed E-state index contributed by atoms with van der Waals surface area (Å²) in [6.07, 6.45) is 5.89. The molecular formula is C29H29N. The van der Waals surface area contributed by atoms with Crippen LogP contribution in [-0.4, -0.2) is 0 Å². The first-order valence-electron chi connectivity index (χ1n) is 10.8. The van der Waals surface area contributed by atoms with Crippen molar-refractivity contribution < 1.29 is 0 Å². The van der Waals surface area contributed by atoms with Crippen molar-refractivity contribution >= 4 is 5.69 Å². The van der Waals surface area contributed by atoms with Gasteiger partial charge in [-0.15, -0.1) is 0 Å². The Labute approximate surface area is 181 Å². The van der Waals surface area contributed by atoms with Crippen LogP contribution in [0.2, 0.25) is 0 Å². The molecule has 2 N–H and O–H groups in total. The predicted molar refractivity (Wildman–Crippen MR) is 128 cm³/mol. The summed E-state index contributed by atoms with van der Waals surface area (Å²) >= 11 is 0. The molecule has 3 aromatic carbocycles. The number of rotatable bonds is 5. The van der Waals surface area contributed by atoms with Gasteiger partial charge in [0.25, 0.3) is 0 Å². The number of aryl methyl sites for hydroxylation is 2. The largest absolute Gasteiger partial charge is 0.399 e. The Hall–Kier alpha value is -3.42. The molecular weight excluding hydrogens is 362 g/mol. The molecule has 0 atom stereocenters. The molecule has 0 unspecified atom stereocenters. The molecule has 3 rings (SSSR count). The highest BCUT2D eigenvalue weighted by atomic mass is 14.5. The van der Waals surface area contributed by atoms with Crippen LogP contribution in [0.3, 0.4) is 0 Å². The minimum Gasteiger partial charge on any atom is -0.399 e. The molecule has 0 aliphatic rings. The summed E-state index contributed by atoms with van der Waals surface area (Å²) in [6.45, 7) is 4.39. The molecule has 0 heterocycles. The number of anilines is 1. The highest BCUT2D eigenvalue weighted by Gasteiger charge is 2.00. The number of benzene rings is 3. The molecule has 0 amide bonds.